The molecule has 1 fully saturated rings. The largest absolute Gasteiger partial charge is 0.508 e. The molecule has 5 atom stereocenters. The minimum absolute atomic E-state index is 0.209. The van der Waals surface area contributed by atoms with E-state index in [1.807, 2.05) is 37.3 Å². The van der Waals surface area contributed by atoms with E-state index in [1.165, 1.54) is 0 Å². The molecule has 3 rings (SSSR count). The lowest BCUT2D eigenvalue weighted by atomic mass is 9.89. The zero-order valence-corrected chi connectivity index (χ0v) is 14.5. The molecular formula is C20H24O6. The van der Waals surface area contributed by atoms with Gasteiger partial charge < -0.3 is 30.3 Å². The van der Waals surface area contributed by atoms with Crippen LogP contribution in [0.25, 0.3) is 0 Å². The van der Waals surface area contributed by atoms with Crippen molar-refractivity contribution in [3.05, 3.63) is 64.7 Å². The summed E-state index contributed by atoms with van der Waals surface area (Å²) >= 11 is 0. The van der Waals surface area contributed by atoms with Gasteiger partial charge in [0, 0.05) is 0 Å². The number of aromatic hydroxyl groups is 1. The number of rotatable bonds is 4. The van der Waals surface area contributed by atoms with Gasteiger partial charge >= 0.3 is 0 Å². The van der Waals surface area contributed by atoms with E-state index in [0.29, 0.717) is 12.0 Å². The number of hydrogen-bond acceptors (Lipinski definition) is 6. The van der Waals surface area contributed by atoms with Crippen LogP contribution in [0.1, 0.15) is 28.4 Å². The fourth-order valence-corrected chi connectivity index (χ4v) is 3.27. The summed E-state index contributed by atoms with van der Waals surface area (Å²) in [4.78, 5) is 0. The summed E-state index contributed by atoms with van der Waals surface area (Å²) in [6, 6.07) is 12.6. The number of phenolic OH excluding ortho intramolecular Hbond substituents is 1. The minimum atomic E-state index is -1.40. The average molecular weight is 360 g/mol. The number of aliphatic hydroxyl groups excluding tert-OH is 4. The zero-order chi connectivity index (χ0) is 18.8. The Balaban J connectivity index is 1.87. The van der Waals surface area contributed by atoms with Crippen molar-refractivity contribution in [2.24, 2.45) is 0 Å². The van der Waals surface area contributed by atoms with Crippen molar-refractivity contribution in [1.82, 2.24) is 0 Å². The van der Waals surface area contributed by atoms with Gasteiger partial charge in [-0.2, -0.15) is 0 Å². The molecule has 0 aromatic heterocycles. The smallest absolute Gasteiger partial charge is 0.115 e. The Morgan fingerprint density at radius 1 is 0.923 bits per heavy atom. The van der Waals surface area contributed by atoms with Crippen LogP contribution in [0, 0.1) is 6.92 Å². The van der Waals surface area contributed by atoms with Crippen LogP contribution < -0.4 is 0 Å². The molecule has 6 heteroatoms. The van der Waals surface area contributed by atoms with Crippen molar-refractivity contribution in [1.29, 1.82) is 0 Å². The van der Waals surface area contributed by atoms with E-state index in [4.69, 9.17) is 4.74 Å². The maximum Gasteiger partial charge on any atom is 0.115 e. The molecule has 0 aliphatic carbocycles. The van der Waals surface area contributed by atoms with E-state index in [-0.39, 0.29) is 5.75 Å². The number of hydrogen-bond donors (Lipinski definition) is 5. The summed E-state index contributed by atoms with van der Waals surface area (Å²) in [5.41, 5.74) is 3.77. The Bertz CT molecular complexity index is 742. The minimum Gasteiger partial charge on any atom is -0.508 e. The molecule has 0 spiro atoms. The topological polar surface area (TPSA) is 110 Å². The maximum atomic E-state index is 10.3. The molecule has 1 heterocycles. The van der Waals surface area contributed by atoms with Gasteiger partial charge in [0.15, 0.2) is 0 Å². The van der Waals surface area contributed by atoms with Crippen LogP contribution in [0.3, 0.4) is 0 Å². The number of aliphatic hydroxyl groups is 4. The van der Waals surface area contributed by atoms with E-state index in [0.717, 1.165) is 16.7 Å². The second-order valence-electron chi connectivity index (χ2n) is 6.78. The standard InChI is InChI=1S/C20H24O6/c1-11-2-5-13(9-14(11)8-12-3-6-15(22)7-4-12)20-19(25)18(24)17(23)16(10-21)26-20/h2-7,9,16-25H,8,10H2,1H3/t16-,17-,18?,19-,20+/m1/s1. The summed E-state index contributed by atoms with van der Waals surface area (Å²) in [5.74, 6) is 0.209. The first-order valence-corrected chi connectivity index (χ1v) is 8.58. The third-order valence-electron chi connectivity index (χ3n) is 4.92. The molecule has 1 unspecified atom stereocenters. The van der Waals surface area contributed by atoms with E-state index in [2.05, 4.69) is 0 Å². The second kappa shape index (κ2) is 7.73. The number of aryl methyl sites for hydroxylation is 1. The Hall–Kier alpha value is -1.96. The first-order valence-electron chi connectivity index (χ1n) is 8.58. The molecule has 0 bridgehead atoms. The molecule has 0 radical (unpaired) electrons. The molecule has 5 N–H and O–H groups in total. The van der Waals surface area contributed by atoms with Gasteiger partial charge in [-0.3, -0.25) is 0 Å². The molecule has 1 aliphatic rings. The van der Waals surface area contributed by atoms with Crippen LogP contribution in [0.4, 0.5) is 0 Å². The van der Waals surface area contributed by atoms with Crippen LogP contribution in [-0.2, 0) is 11.2 Å². The quantitative estimate of drug-likeness (QED) is 0.552. The van der Waals surface area contributed by atoms with Gasteiger partial charge in [-0.15, -0.1) is 0 Å². The first kappa shape index (κ1) is 18.8. The molecule has 1 aliphatic heterocycles. The molecule has 140 valence electrons. The molecule has 1 saturated heterocycles. The highest BCUT2D eigenvalue weighted by atomic mass is 16.5. The van der Waals surface area contributed by atoms with E-state index in [1.54, 1.807) is 12.1 Å². The van der Waals surface area contributed by atoms with Crippen molar-refractivity contribution in [3.63, 3.8) is 0 Å². The van der Waals surface area contributed by atoms with Crippen molar-refractivity contribution >= 4 is 0 Å². The molecule has 6 nitrogen and oxygen atoms in total. The lowest BCUT2D eigenvalue weighted by molar-refractivity contribution is -0.231. The van der Waals surface area contributed by atoms with Gasteiger partial charge in [-0.05, 0) is 47.7 Å². The molecule has 0 amide bonds. The van der Waals surface area contributed by atoms with Crippen molar-refractivity contribution in [3.8, 4) is 5.75 Å². The van der Waals surface area contributed by atoms with E-state index >= 15 is 0 Å². The molecule has 26 heavy (non-hydrogen) atoms. The van der Waals surface area contributed by atoms with Gasteiger partial charge in [-0.1, -0.05) is 30.3 Å². The van der Waals surface area contributed by atoms with Gasteiger partial charge in [0.1, 0.15) is 36.3 Å². The highest BCUT2D eigenvalue weighted by molar-refractivity contribution is 5.38. The SMILES string of the molecule is Cc1ccc([C@@H]2O[C@H](CO)[C@@H](O)C(O)[C@H]2O)cc1Cc1ccc(O)cc1. The van der Waals surface area contributed by atoms with E-state index in [9.17, 15) is 25.5 Å². The van der Waals surface area contributed by atoms with Gasteiger partial charge in [0.2, 0.25) is 0 Å². The van der Waals surface area contributed by atoms with Crippen LogP contribution in [0.5, 0.6) is 5.75 Å². The highest BCUT2D eigenvalue weighted by Gasteiger charge is 2.43. The molecular weight excluding hydrogens is 336 g/mol. The average Bonchev–Trinajstić information content (AvgIpc) is 2.64. The monoisotopic (exact) mass is 360 g/mol. The normalized spacial score (nSPS) is 28.9. The number of phenols is 1. The maximum absolute atomic E-state index is 10.3. The van der Waals surface area contributed by atoms with Gasteiger partial charge in [0.25, 0.3) is 0 Å². The second-order valence-corrected chi connectivity index (χ2v) is 6.78. The molecule has 0 saturated carbocycles. The fraction of sp³-hybridized carbons (Fsp3) is 0.400. The highest BCUT2D eigenvalue weighted by Crippen LogP contribution is 2.33. The summed E-state index contributed by atoms with van der Waals surface area (Å²) in [5, 5.41) is 49.0. The van der Waals surface area contributed by atoms with Gasteiger partial charge in [-0.25, -0.2) is 0 Å². The molecule has 2 aromatic carbocycles. The summed E-state index contributed by atoms with van der Waals surface area (Å²) in [6.45, 7) is 1.53. The summed E-state index contributed by atoms with van der Waals surface area (Å²) in [7, 11) is 0. The number of benzene rings is 2. The van der Waals surface area contributed by atoms with Crippen molar-refractivity contribution in [2.75, 3.05) is 6.61 Å². The molecule has 2 aromatic rings. The predicted molar refractivity (Wildman–Crippen MR) is 94.8 cm³/mol. The lowest BCUT2D eigenvalue weighted by Crippen LogP contribution is -2.55. The van der Waals surface area contributed by atoms with Crippen LogP contribution >= 0.6 is 0 Å². The van der Waals surface area contributed by atoms with Gasteiger partial charge in [0.05, 0.1) is 6.61 Å². The Kier molecular flexibility index (Phi) is 5.60. The lowest BCUT2D eigenvalue weighted by Gasteiger charge is -2.40. The Labute approximate surface area is 151 Å². The zero-order valence-electron chi connectivity index (χ0n) is 14.5. The number of ether oxygens (including phenoxy) is 1. The third kappa shape index (κ3) is 3.75. The fourth-order valence-electron chi connectivity index (χ4n) is 3.27. The van der Waals surface area contributed by atoms with Crippen LogP contribution in [0.2, 0.25) is 0 Å². The van der Waals surface area contributed by atoms with Crippen LogP contribution in [0.15, 0.2) is 42.5 Å². The third-order valence-corrected chi connectivity index (χ3v) is 4.92. The van der Waals surface area contributed by atoms with Crippen molar-refractivity contribution in [2.45, 2.75) is 43.9 Å². The van der Waals surface area contributed by atoms with E-state index < -0.39 is 37.1 Å². The predicted octanol–water partition coefficient (Wildman–Crippen LogP) is 0.806. The Morgan fingerprint density at radius 3 is 2.27 bits per heavy atom. The van der Waals surface area contributed by atoms with Crippen LogP contribution in [-0.4, -0.2) is 56.6 Å². The first-order chi connectivity index (χ1) is 12.4. The summed E-state index contributed by atoms with van der Waals surface area (Å²) in [6.07, 6.45) is -5.19. The van der Waals surface area contributed by atoms with Crippen molar-refractivity contribution < 1.29 is 30.3 Å². The Morgan fingerprint density at radius 2 is 1.62 bits per heavy atom. The summed E-state index contributed by atoms with van der Waals surface area (Å²) < 4.78 is 5.63.